The molecule has 0 saturated carbocycles. The number of nitrogens with zero attached hydrogens (tertiary/aromatic N) is 1. The molecule has 17 heavy (non-hydrogen) atoms. The van der Waals surface area contributed by atoms with Gasteiger partial charge in [0.25, 0.3) is 5.69 Å². The number of rotatable bonds is 5. The molecule has 0 bridgehead atoms. The average Bonchev–Trinajstić information content (AvgIpc) is 2.28. The fraction of sp³-hybridized carbons (Fsp3) is 0.300. The van der Waals surface area contributed by atoms with Gasteiger partial charge in [0.15, 0.2) is 0 Å². The molecule has 0 radical (unpaired) electrons. The van der Waals surface area contributed by atoms with Crippen molar-refractivity contribution in [3.05, 3.63) is 33.3 Å². The zero-order valence-electron chi connectivity index (χ0n) is 9.10. The van der Waals surface area contributed by atoms with Crippen molar-refractivity contribution in [2.24, 2.45) is 0 Å². The number of nitro benzene ring substituents is 1. The lowest BCUT2D eigenvalue weighted by molar-refractivity contribution is -0.384. The van der Waals surface area contributed by atoms with E-state index in [4.69, 9.17) is 16.3 Å². The molecule has 1 amide bonds. The molecule has 0 saturated heterocycles. The molecule has 0 aliphatic rings. The van der Waals surface area contributed by atoms with E-state index in [1.54, 1.807) is 6.92 Å². The maximum Gasteiger partial charge on any atom is 0.289 e. The number of amides is 1. The van der Waals surface area contributed by atoms with Gasteiger partial charge in [-0.25, -0.2) is 0 Å². The fourth-order valence-electron chi connectivity index (χ4n) is 1.12. The predicted octanol–water partition coefficient (Wildman–Crippen LogP) is 2.22. The Labute approximate surface area is 103 Å². The maximum atomic E-state index is 11.3. The van der Waals surface area contributed by atoms with E-state index in [2.05, 4.69) is 5.32 Å². The summed E-state index contributed by atoms with van der Waals surface area (Å²) in [6, 6.07) is 4.04. The van der Waals surface area contributed by atoms with Crippen molar-refractivity contribution in [3.63, 3.8) is 0 Å². The molecule has 92 valence electrons. The number of nitro groups is 1. The summed E-state index contributed by atoms with van der Waals surface area (Å²) in [4.78, 5) is 21.3. The van der Waals surface area contributed by atoms with Gasteiger partial charge in [0.05, 0.1) is 4.92 Å². The van der Waals surface area contributed by atoms with Crippen LogP contribution in [-0.2, 0) is 9.53 Å². The lowest BCUT2D eigenvalue weighted by Gasteiger charge is -2.05. The minimum absolute atomic E-state index is 0.0257. The quantitative estimate of drug-likeness (QED) is 0.648. The largest absolute Gasteiger partial charge is 0.372 e. The number of anilines is 1. The molecule has 0 unspecified atom stereocenters. The number of halogens is 1. The Hall–Kier alpha value is -1.66. The third-order valence-electron chi connectivity index (χ3n) is 1.86. The summed E-state index contributed by atoms with van der Waals surface area (Å²) in [6.07, 6.45) is 0. The number of ether oxygens (including phenoxy) is 1. The first-order valence-electron chi connectivity index (χ1n) is 4.86. The second-order valence-electron chi connectivity index (χ2n) is 3.11. The van der Waals surface area contributed by atoms with Crippen LogP contribution in [0.4, 0.5) is 11.4 Å². The minimum atomic E-state index is -0.611. The van der Waals surface area contributed by atoms with E-state index in [0.29, 0.717) is 12.3 Å². The molecule has 0 spiro atoms. The summed E-state index contributed by atoms with van der Waals surface area (Å²) in [5.74, 6) is -0.372. The van der Waals surface area contributed by atoms with Crippen LogP contribution < -0.4 is 5.32 Å². The van der Waals surface area contributed by atoms with Crippen LogP contribution in [0, 0.1) is 10.1 Å². The Kier molecular flexibility index (Phi) is 4.86. The number of hydrogen-bond donors (Lipinski definition) is 1. The second kappa shape index (κ2) is 6.17. The third kappa shape index (κ3) is 4.01. The molecule has 7 heteroatoms. The van der Waals surface area contributed by atoms with Gasteiger partial charge >= 0.3 is 0 Å². The number of carbonyl (C=O) groups excluding carboxylic acids is 1. The molecule has 1 aromatic carbocycles. The molecule has 1 N–H and O–H groups in total. The molecule has 0 atom stereocenters. The average molecular weight is 259 g/mol. The van der Waals surface area contributed by atoms with E-state index in [9.17, 15) is 14.9 Å². The van der Waals surface area contributed by atoms with Gasteiger partial charge < -0.3 is 10.1 Å². The van der Waals surface area contributed by atoms with Crippen LogP contribution in [0.5, 0.6) is 0 Å². The van der Waals surface area contributed by atoms with Crippen molar-refractivity contribution >= 4 is 28.9 Å². The highest BCUT2D eigenvalue weighted by Crippen LogP contribution is 2.27. The zero-order valence-corrected chi connectivity index (χ0v) is 9.86. The van der Waals surface area contributed by atoms with Crippen molar-refractivity contribution in [3.8, 4) is 0 Å². The molecular formula is C10H11ClN2O4. The third-order valence-corrected chi connectivity index (χ3v) is 2.18. The summed E-state index contributed by atoms with van der Waals surface area (Å²) in [7, 11) is 0. The number of hydrogen-bond acceptors (Lipinski definition) is 4. The Bertz CT molecular complexity index is 436. The summed E-state index contributed by atoms with van der Waals surface area (Å²) >= 11 is 5.63. The SMILES string of the molecule is CCOCC(=O)Nc1ccc(Cl)c([N+](=O)[O-])c1. The van der Waals surface area contributed by atoms with E-state index in [1.165, 1.54) is 18.2 Å². The topological polar surface area (TPSA) is 81.5 Å². The van der Waals surface area contributed by atoms with Crippen LogP contribution >= 0.6 is 11.6 Å². The Morgan fingerprint density at radius 2 is 2.29 bits per heavy atom. The van der Waals surface area contributed by atoms with Crippen LogP contribution in [-0.4, -0.2) is 24.0 Å². The van der Waals surface area contributed by atoms with Gasteiger partial charge in [-0.1, -0.05) is 11.6 Å². The van der Waals surface area contributed by atoms with E-state index in [1.807, 2.05) is 0 Å². The van der Waals surface area contributed by atoms with E-state index >= 15 is 0 Å². The number of nitrogens with one attached hydrogen (secondary N) is 1. The van der Waals surface area contributed by atoms with Crippen LogP contribution in [0.15, 0.2) is 18.2 Å². The molecule has 0 aliphatic carbocycles. The molecule has 6 nitrogen and oxygen atoms in total. The van der Waals surface area contributed by atoms with Crippen LogP contribution in [0.1, 0.15) is 6.92 Å². The van der Waals surface area contributed by atoms with E-state index in [0.717, 1.165) is 0 Å². The van der Waals surface area contributed by atoms with Gasteiger partial charge in [-0.3, -0.25) is 14.9 Å². The highest BCUT2D eigenvalue weighted by molar-refractivity contribution is 6.32. The maximum absolute atomic E-state index is 11.3. The Balaban J connectivity index is 2.75. The van der Waals surface area contributed by atoms with Gasteiger partial charge in [0.1, 0.15) is 11.6 Å². The van der Waals surface area contributed by atoms with Crippen molar-refractivity contribution in [2.75, 3.05) is 18.5 Å². The molecule has 0 fully saturated rings. The predicted molar refractivity (Wildman–Crippen MR) is 63.2 cm³/mol. The van der Waals surface area contributed by atoms with Crippen molar-refractivity contribution in [2.45, 2.75) is 6.92 Å². The first kappa shape index (κ1) is 13.4. The monoisotopic (exact) mass is 258 g/mol. The van der Waals surface area contributed by atoms with Gasteiger partial charge in [-0.15, -0.1) is 0 Å². The summed E-state index contributed by atoms with van der Waals surface area (Å²) < 4.78 is 4.90. The van der Waals surface area contributed by atoms with Gasteiger partial charge in [-0.2, -0.15) is 0 Å². The molecule has 0 aromatic heterocycles. The van der Waals surface area contributed by atoms with Crippen LogP contribution in [0.2, 0.25) is 5.02 Å². The lowest BCUT2D eigenvalue weighted by Crippen LogP contribution is -2.18. The molecule has 1 rings (SSSR count). The van der Waals surface area contributed by atoms with Crippen molar-refractivity contribution in [1.29, 1.82) is 0 Å². The Morgan fingerprint density at radius 3 is 2.88 bits per heavy atom. The van der Waals surface area contributed by atoms with Crippen molar-refractivity contribution in [1.82, 2.24) is 0 Å². The first-order chi connectivity index (χ1) is 8.04. The molecule has 0 aliphatic heterocycles. The molecular weight excluding hydrogens is 248 g/mol. The highest BCUT2D eigenvalue weighted by Gasteiger charge is 2.13. The number of carbonyl (C=O) groups is 1. The summed E-state index contributed by atoms with van der Waals surface area (Å²) in [6.45, 7) is 2.10. The molecule has 1 aromatic rings. The Morgan fingerprint density at radius 1 is 1.59 bits per heavy atom. The van der Waals surface area contributed by atoms with Crippen LogP contribution in [0.25, 0.3) is 0 Å². The smallest absolute Gasteiger partial charge is 0.289 e. The molecule has 0 heterocycles. The fourth-order valence-corrected chi connectivity index (χ4v) is 1.31. The van der Waals surface area contributed by atoms with E-state index in [-0.39, 0.29) is 23.2 Å². The summed E-state index contributed by atoms with van der Waals surface area (Å²) in [5.41, 5.74) is 0.0617. The second-order valence-corrected chi connectivity index (χ2v) is 3.52. The van der Waals surface area contributed by atoms with E-state index < -0.39 is 4.92 Å². The van der Waals surface area contributed by atoms with Gasteiger partial charge in [0.2, 0.25) is 5.91 Å². The highest BCUT2D eigenvalue weighted by atomic mass is 35.5. The zero-order chi connectivity index (χ0) is 12.8. The number of benzene rings is 1. The van der Waals surface area contributed by atoms with Gasteiger partial charge in [0, 0.05) is 18.4 Å². The van der Waals surface area contributed by atoms with Crippen molar-refractivity contribution < 1.29 is 14.5 Å². The summed E-state index contributed by atoms with van der Waals surface area (Å²) in [5, 5.41) is 13.1. The normalized spacial score (nSPS) is 10.0. The van der Waals surface area contributed by atoms with Crippen LogP contribution in [0.3, 0.4) is 0 Å². The lowest BCUT2D eigenvalue weighted by atomic mass is 10.3. The minimum Gasteiger partial charge on any atom is -0.372 e. The standard InChI is InChI=1S/C10H11ClN2O4/c1-2-17-6-10(14)12-7-3-4-8(11)9(5-7)13(15)16/h3-5H,2,6H2,1H3,(H,12,14). The first-order valence-corrected chi connectivity index (χ1v) is 5.24. The van der Waals surface area contributed by atoms with Gasteiger partial charge in [-0.05, 0) is 19.1 Å².